The lowest BCUT2D eigenvalue weighted by atomic mass is 11.3. The molecule has 0 bridgehead atoms. The normalized spacial score (nSPS) is 14.7. The number of aromatic nitrogens is 3. The van der Waals surface area contributed by atoms with Crippen LogP contribution in [0.15, 0.2) is 0 Å². The van der Waals surface area contributed by atoms with Gasteiger partial charge in [-0.3, -0.25) is 4.51 Å². The molecule has 11 heavy (non-hydrogen) atoms. The smallest absolute Gasteiger partial charge is 0.273 e. The molecule has 1 rings (SSSR count). The van der Waals surface area contributed by atoms with Gasteiger partial charge in [0.25, 0.3) is 0 Å². The van der Waals surface area contributed by atoms with Gasteiger partial charge in [0.1, 0.15) is 8.51 Å². The fourth-order valence-corrected chi connectivity index (χ4v) is 3.51. The molecule has 0 aliphatic rings. The van der Waals surface area contributed by atoms with Gasteiger partial charge < -0.3 is 0 Å². The zero-order valence-corrected chi connectivity index (χ0v) is 7.59. The van der Waals surface area contributed by atoms with Crippen LogP contribution in [0.5, 0.6) is 0 Å². The second-order valence-electron chi connectivity index (χ2n) is 1.44. The van der Waals surface area contributed by atoms with Crippen LogP contribution in [-0.2, 0) is 6.30 Å². The molecule has 3 nitrogen and oxygen atoms in total. The Balaban J connectivity index is 3.14. The van der Waals surface area contributed by atoms with E-state index in [9.17, 15) is 17.4 Å². The van der Waals surface area contributed by atoms with Crippen molar-refractivity contribution in [2.75, 3.05) is 0 Å². The van der Waals surface area contributed by atoms with Crippen LogP contribution in [0.25, 0.3) is 0 Å². The average Bonchev–Trinajstić information content (AvgIpc) is 1.86. The van der Waals surface area contributed by atoms with E-state index in [0.29, 0.717) is 0 Å². The van der Waals surface area contributed by atoms with Crippen LogP contribution in [0, 0.1) is 0 Å². The molecule has 1 heterocycles. The Hall–Kier alpha value is 0.0200. The summed E-state index contributed by atoms with van der Waals surface area (Å²) >= 11 is 0. The molecule has 0 radical (unpaired) electrons. The summed E-state index contributed by atoms with van der Waals surface area (Å²) in [5, 5.41) is 0. The highest BCUT2D eigenvalue weighted by Gasteiger charge is 2.32. The SMILES string of the molecule is Fp1[nH]pn[pH]n1C(F)(F)F. The first-order chi connectivity index (χ1) is 5.02. The van der Waals surface area contributed by atoms with E-state index in [0.717, 1.165) is 0 Å². The molecule has 0 spiro atoms. The van der Waals surface area contributed by atoms with E-state index >= 15 is 0 Å². The fraction of sp³-hybridized carbons (Fsp3) is 1.00. The topological polar surface area (TPSA) is 33.6 Å². The third-order valence-corrected chi connectivity index (χ3v) is 4.32. The highest BCUT2D eigenvalue weighted by Crippen LogP contribution is 2.38. The monoisotopic (exact) mass is 225 g/mol. The maximum absolute atomic E-state index is 12.4. The molecule has 0 aliphatic carbocycles. The molecule has 1 aromatic rings. The molecule has 1 N–H and O–H groups in total. The molecule has 0 saturated carbocycles. The minimum Gasteiger partial charge on any atom is -0.273 e. The number of hydrogen-bond acceptors (Lipinski definition) is 1. The molecule has 0 fully saturated rings. The zero-order valence-electron chi connectivity index (χ0n) is 4.80. The summed E-state index contributed by atoms with van der Waals surface area (Å²) in [7, 11) is -3.46. The van der Waals surface area contributed by atoms with Crippen molar-refractivity contribution in [3.05, 3.63) is 0 Å². The van der Waals surface area contributed by atoms with Crippen LogP contribution in [0.2, 0.25) is 0 Å². The Morgan fingerprint density at radius 2 is 2.18 bits per heavy atom. The molecule has 64 valence electrons. The number of hydrogen-bond donors (Lipinski definition) is 1. The number of nitrogens with zero attached hydrogens (tertiary/aromatic N) is 2. The second-order valence-corrected chi connectivity index (χ2v) is 5.18. The number of H-pyrrole nitrogens is 1. The Morgan fingerprint density at radius 3 is 2.55 bits per heavy atom. The van der Waals surface area contributed by atoms with Gasteiger partial charge in [0.15, 0.2) is 0 Å². The second kappa shape index (κ2) is 3.18. The number of nitrogens with one attached hydrogen (secondary N) is 1. The van der Waals surface area contributed by atoms with Crippen LogP contribution in [0.3, 0.4) is 0 Å². The third-order valence-electron chi connectivity index (χ3n) is 0.732. The summed E-state index contributed by atoms with van der Waals surface area (Å²) in [5.74, 6) is 0. The molecule has 2 atom stereocenters. The highest BCUT2D eigenvalue weighted by molar-refractivity contribution is 7.50. The van der Waals surface area contributed by atoms with Crippen molar-refractivity contribution in [2.24, 2.45) is 0 Å². The van der Waals surface area contributed by atoms with Crippen LogP contribution in [-0.4, -0.2) is 13.1 Å². The van der Waals surface area contributed by atoms with E-state index < -0.39 is 23.0 Å². The van der Waals surface area contributed by atoms with E-state index in [2.05, 4.69) is 4.51 Å². The van der Waals surface area contributed by atoms with Gasteiger partial charge in [-0.1, -0.05) is 0 Å². The van der Waals surface area contributed by atoms with Crippen molar-refractivity contribution >= 4 is 25.2 Å². The van der Waals surface area contributed by atoms with Crippen molar-refractivity contribution in [2.45, 2.75) is 6.30 Å². The Bertz CT molecular complexity index is 261. The van der Waals surface area contributed by atoms with Gasteiger partial charge in [-0.15, -0.1) is 13.2 Å². The average molecular weight is 225 g/mol. The van der Waals surface area contributed by atoms with E-state index in [1.54, 1.807) is 0 Å². The molecule has 2 unspecified atom stereocenters. The van der Waals surface area contributed by atoms with Crippen LogP contribution < -0.4 is 0 Å². The number of alkyl halides is 3. The van der Waals surface area contributed by atoms with E-state index in [1.165, 1.54) is 0 Å². The predicted molar refractivity (Wildman–Crippen MR) is 36.7 cm³/mol. The lowest BCUT2D eigenvalue weighted by molar-refractivity contribution is -0.189. The van der Waals surface area contributed by atoms with Gasteiger partial charge in [0.2, 0.25) is 8.16 Å². The van der Waals surface area contributed by atoms with Gasteiger partial charge in [-0.2, -0.15) is 12.8 Å². The lowest BCUT2D eigenvalue weighted by Crippen LogP contribution is -2.11. The maximum Gasteiger partial charge on any atom is 0.498 e. The molecule has 10 heteroatoms. The first kappa shape index (κ1) is 9.11. The Kier molecular flexibility index (Phi) is 2.63. The fourth-order valence-electron chi connectivity index (χ4n) is 0.364. The van der Waals surface area contributed by atoms with Crippen molar-refractivity contribution in [1.29, 1.82) is 0 Å². The summed E-state index contributed by atoms with van der Waals surface area (Å²) < 4.78 is 52.9. The summed E-state index contributed by atoms with van der Waals surface area (Å²) in [5.41, 5.74) is 0. The van der Waals surface area contributed by atoms with E-state index in [-0.39, 0.29) is 12.6 Å². The van der Waals surface area contributed by atoms with Crippen LogP contribution >= 0.6 is 25.2 Å². The molecule has 0 saturated heterocycles. The van der Waals surface area contributed by atoms with Crippen molar-refractivity contribution in [3.8, 4) is 0 Å². The van der Waals surface area contributed by atoms with Gasteiger partial charge in [-0.25, -0.2) is 0 Å². The molecule has 0 aliphatic heterocycles. The number of halogens is 4. The van der Waals surface area contributed by atoms with Gasteiger partial charge >= 0.3 is 6.30 Å². The summed E-state index contributed by atoms with van der Waals surface area (Å²) in [6, 6.07) is 0. The van der Waals surface area contributed by atoms with Gasteiger partial charge in [0, 0.05) is 0 Å². The number of aromatic amines is 1. The molecule has 0 amide bonds. The van der Waals surface area contributed by atoms with Crippen LogP contribution in [0.4, 0.5) is 17.4 Å². The third kappa shape index (κ3) is 2.22. The quantitative estimate of drug-likeness (QED) is 0.676. The Labute approximate surface area is 62.9 Å². The molecule has 1 aromatic heterocycles. The largest absolute Gasteiger partial charge is 0.498 e. The van der Waals surface area contributed by atoms with Gasteiger partial charge in [-0.05, 0) is 0 Å². The molecular formula is CH2F4N3P3. The summed E-state index contributed by atoms with van der Waals surface area (Å²) in [6.07, 6.45) is -4.62. The van der Waals surface area contributed by atoms with Crippen LogP contribution in [0.1, 0.15) is 0 Å². The van der Waals surface area contributed by atoms with Crippen molar-refractivity contribution in [1.82, 2.24) is 13.1 Å². The standard InChI is InChI=1S/CH2F4N3P3/c2-1(3,4)8-10-6-9-7-11(8)5/h10H,(H,6,7). The molecular weight excluding hydrogens is 223 g/mol. The Morgan fingerprint density at radius 1 is 1.55 bits per heavy atom. The highest BCUT2D eigenvalue weighted by atomic mass is 31.2. The lowest BCUT2D eigenvalue weighted by Gasteiger charge is -2.08. The summed E-state index contributed by atoms with van der Waals surface area (Å²) in [6.45, 7) is 0. The predicted octanol–water partition coefficient (Wildman–Crippen LogP) is 3.14. The minimum atomic E-state index is -4.62. The van der Waals surface area contributed by atoms with Crippen molar-refractivity contribution in [3.63, 3.8) is 0 Å². The number of rotatable bonds is 0. The minimum absolute atomic E-state index is 0.184. The van der Waals surface area contributed by atoms with E-state index in [4.69, 9.17) is 0 Å². The first-order valence-electron chi connectivity index (χ1n) is 2.25. The van der Waals surface area contributed by atoms with Gasteiger partial charge in [0.05, 0.1) is 8.51 Å². The zero-order chi connectivity index (χ0) is 8.48. The van der Waals surface area contributed by atoms with Crippen molar-refractivity contribution < 1.29 is 17.4 Å². The first-order valence-corrected chi connectivity index (χ1v) is 5.18. The molecule has 0 aromatic carbocycles. The maximum atomic E-state index is 12.4. The van der Waals surface area contributed by atoms with E-state index in [1.807, 2.05) is 4.51 Å². The summed E-state index contributed by atoms with van der Waals surface area (Å²) in [4.78, 5) is 0.